The largest absolute Gasteiger partial charge is 0.351 e. The highest BCUT2D eigenvalue weighted by molar-refractivity contribution is 7.99. The molecule has 3 nitrogen and oxygen atoms in total. The van der Waals surface area contributed by atoms with Crippen molar-refractivity contribution < 1.29 is 4.79 Å². The summed E-state index contributed by atoms with van der Waals surface area (Å²) in [7, 11) is 1.99. The SMILES string of the molecule is CN1CSC[C@H]1C(=O)NCc1ccccc1. The molecule has 1 saturated heterocycles. The molecule has 0 aliphatic carbocycles. The molecule has 1 aliphatic heterocycles. The monoisotopic (exact) mass is 236 g/mol. The third-order valence-electron chi connectivity index (χ3n) is 2.71. The first-order valence-corrected chi connectivity index (χ1v) is 6.52. The standard InChI is InChI=1S/C12H16N2OS/c1-14-9-16-8-11(14)12(15)13-7-10-5-3-2-4-6-10/h2-6,11H,7-9H2,1H3,(H,13,15)/t11-/m0/s1. The molecule has 0 bridgehead atoms. The number of thioether (sulfide) groups is 1. The van der Waals surface area contributed by atoms with Gasteiger partial charge in [-0.2, -0.15) is 0 Å². The van der Waals surface area contributed by atoms with Gasteiger partial charge in [0.05, 0.1) is 6.04 Å². The summed E-state index contributed by atoms with van der Waals surface area (Å²) in [5.41, 5.74) is 1.14. The molecule has 0 saturated carbocycles. The molecule has 1 N–H and O–H groups in total. The number of carbonyl (C=O) groups excluding carboxylic acids is 1. The zero-order chi connectivity index (χ0) is 11.4. The van der Waals surface area contributed by atoms with Gasteiger partial charge in [-0.25, -0.2) is 0 Å². The van der Waals surface area contributed by atoms with Crippen molar-refractivity contribution in [2.45, 2.75) is 12.6 Å². The van der Waals surface area contributed by atoms with Gasteiger partial charge < -0.3 is 5.32 Å². The Labute approximate surface area is 100 Å². The Morgan fingerprint density at radius 1 is 1.50 bits per heavy atom. The van der Waals surface area contributed by atoms with E-state index in [0.717, 1.165) is 17.2 Å². The highest BCUT2D eigenvalue weighted by Gasteiger charge is 2.27. The number of carbonyl (C=O) groups is 1. The van der Waals surface area contributed by atoms with Crippen LogP contribution in [0, 0.1) is 0 Å². The number of rotatable bonds is 3. The lowest BCUT2D eigenvalue weighted by Crippen LogP contribution is -2.42. The molecule has 0 unspecified atom stereocenters. The van der Waals surface area contributed by atoms with Crippen molar-refractivity contribution in [3.63, 3.8) is 0 Å². The molecule has 1 aromatic rings. The summed E-state index contributed by atoms with van der Waals surface area (Å²) in [4.78, 5) is 14.0. The van der Waals surface area contributed by atoms with Crippen LogP contribution in [0.5, 0.6) is 0 Å². The van der Waals surface area contributed by atoms with Gasteiger partial charge >= 0.3 is 0 Å². The normalized spacial score (nSPS) is 20.9. The maximum Gasteiger partial charge on any atom is 0.238 e. The zero-order valence-corrected chi connectivity index (χ0v) is 10.2. The Balaban J connectivity index is 1.84. The Hall–Kier alpha value is -1.00. The van der Waals surface area contributed by atoms with E-state index >= 15 is 0 Å². The summed E-state index contributed by atoms with van der Waals surface area (Å²) >= 11 is 1.81. The van der Waals surface area contributed by atoms with Crippen LogP contribution in [0.25, 0.3) is 0 Å². The van der Waals surface area contributed by atoms with Gasteiger partial charge in [-0.3, -0.25) is 9.69 Å². The second-order valence-corrected chi connectivity index (χ2v) is 4.98. The number of hydrogen-bond acceptors (Lipinski definition) is 3. The molecule has 0 spiro atoms. The Kier molecular flexibility index (Phi) is 3.85. The highest BCUT2D eigenvalue weighted by atomic mass is 32.2. The summed E-state index contributed by atoms with van der Waals surface area (Å²) in [5.74, 6) is 1.98. The summed E-state index contributed by atoms with van der Waals surface area (Å²) in [6, 6.07) is 10.0. The molecular weight excluding hydrogens is 220 g/mol. The fourth-order valence-electron chi connectivity index (χ4n) is 1.70. The van der Waals surface area contributed by atoms with Crippen LogP contribution in [-0.2, 0) is 11.3 Å². The number of nitrogens with zero attached hydrogens (tertiary/aromatic N) is 1. The number of likely N-dealkylation sites (N-methyl/N-ethyl adjacent to an activating group) is 1. The Morgan fingerprint density at radius 2 is 2.25 bits per heavy atom. The van der Waals surface area contributed by atoms with Crippen molar-refractivity contribution in [1.29, 1.82) is 0 Å². The van der Waals surface area contributed by atoms with Crippen molar-refractivity contribution in [3.05, 3.63) is 35.9 Å². The maximum atomic E-state index is 11.9. The topological polar surface area (TPSA) is 32.3 Å². The van der Waals surface area contributed by atoms with Crippen LogP contribution in [0.4, 0.5) is 0 Å². The molecule has 1 atom stereocenters. The van der Waals surface area contributed by atoms with Gasteiger partial charge in [-0.05, 0) is 12.6 Å². The van der Waals surface area contributed by atoms with Crippen LogP contribution in [0.15, 0.2) is 30.3 Å². The van der Waals surface area contributed by atoms with Gasteiger partial charge in [0.15, 0.2) is 0 Å². The van der Waals surface area contributed by atoms with Crippen LogP contribution in [0.3, 0.4) is 0 Å². The molecule has 0 radical (unpaired) electrons. The quantitative estimate of drug-likeness (QED) is 0.859. The lowest BCUT2D eigenvalue weighted by Gasteiger charge is -2.17. The molecule has 86 valence electrons. The molecule has 4 heteroatoms. The molecule has 1 fully saturated rings. The molecule has 0 aromatic heterocycles. The number of amides is 1. The molecule has 1 amide bonds. The van der Waals surface area contributed by atoms with Crippen LogP contribution in [0.1, 0.15) is 5.56 Å². The first kappa shape index (κ1) is 11.5. The van der Waals surface area contributed by atoms with Crippen LogP contribution in [0.2, 0.25) is 0 Å². The van der Waals surface area contributed by atoms with Crippen LogP contribution >= 0.6 is 11.8 Å². The highest BCUT2D eigenvalue weighted by Crippen LogP contribution is 2.18. The van der Waals surface area contributed by atoms with E-state index in [2.05, 4.69) is 10.2 Å². The fraction of sp³-hybridized carbons (Fsp3) is 0.417. The van der Waals surface area contributed by atoms with E-state index < -0.39 is 0 Å². The minimum absolute atomic E-state index is 0.0358. The van der Waals surface area contributed by atoms with E-state index in [-0.39, 0.29) is 11.9 Å². The average Bonchev–Trinajstić information content (AvgIpc) is 2.74. The zero-order valence-electron chi connectivity index (χ0n) is 9.35. The van der Waals surface area contributed by atoms with Gasteiger partial charge in [0, 0.05) is 18.2 Å². The summed E-state index contributed by atoms with van der Waals surface area (Å²) in [6.07, 6.45) is 0. The van der Waals surface area contributed by atoms with E-state index in [0.29, 0.717) is 6.54 Å². The summed E-state index contributed by atoms with van der Waals surface area (Å²) in [5, 5.41) is 2.98. The first-order valence-electron chi connectivity index (χ1n) is 5.37. The van der Waals surface area contributed by atoms with Gasteiger partial charge in [0.25, 0.3) is 0 Å². The van der Waals surface area contributed by atoms with Crippen molar-refractivity contribution in [1.82, 2.24) is 10.2 Å². The van der Waals surface area contributed by atoms with Crippen LogP contribution < -0.4 is 5.32 Å². The van der Waals surface area contributed by atoms with Crippen molar-refractivity contribution >= 4 is 17.7 Å². The third kappa shape index (κ3) is 2.77. The van der Waals surface area contributed by atoms with Crippen molar-refractivity contribution in [2.75, 3.05) is 18.7 Å². The fourth-order valence-corrected chi connectivity index (χ4v) is 2.91. The Morgan fingerprint density at radius 3 is 2.88 bits per heavy atom. The van der Waals surface area contributed by atoms with E-state index in [1.165, 1.54) is 0 Å². The predicted octanol–water partition coefficient (Wildman–Crippen LogP) is 1.31. The molecule has 1 heterocycles. The lowest BCUT2D eigenvalue weighted by molar-refractivity contribution is -0.124. The minimum atomic E-state index is 0.0358. The van der Waals surface area contributed by atoms with Gasteiger partial charge in [0.1, 0.15) is 0 Å². The van der Waals surface area contributed by atoms with Crippen molar-refractivity contribution in [2.24, 2.45) is 0 Å². The summed E-state index contributed by atoms with van der Waals surface area (Å²) < 4.78 is 0. The van der Waals surface area contributed by atoms with Gasteiger partial charge in [-0.1, -0.05) is 30.3 Å². The average molecular weight is 236 g/mol. The van der Waals surface area contributed by atoms with Gasteiger partial charge in [0.2, 0.25) is 5.91 Å². The number of hydrogen-bond donors (Lipinski definition) is 1. The van der Waals surface area contributed by atoms with E-state index in [9.17, 15) is 4.79 Å². The second-order valence-electron chi connectivity index (χ2n) is 3.98. The summed E-state index contributed by atoms with van der Waals surface area (Å²) in [6.45, 7) is 0.620. The number of benzene rings is 1. The molecule has 16 heavy (non-hydrogen) atoms. The van der Waals surface area contributed by atoms with E-state index in [1.54, 1.807) is 11.8 Å². The molecule has 2 rings (SSSR count). The lowest BCUT2D eigenvalue weighted by atomic mass is 10.2. The maximum absolute atomic E-state index is 11.9. The van der Waals surface area contributed by atoms with E-state index in [1.807, 2.05) is 37.4 Å². The second kappa shape index (κ2) is 5.37. The predicted molar refractivity (Wildman–Crippen MR) is 67.2 cm³/mol. The smallest absolute Gasteiger partial charge is 0.238 e. The molecular formula is C12H16N2OS. The first-order chi connectivity index (χ1) is 7.77. The van der Waals surface area contributed by atoms with Crippen molar-refractivity contribution in [3.8, 4) is 0 Å². The van der Waals surface area contributed by atoms with Gasteiger partial charge in [-0.15, -0.1) is 11.8 Å². The molecule has 1 aliphatic rings. The Bertz CT molecular complexity index is 355. The minimum Gasteiger partial charge on any atom is -0.351 e. The number of nitrogens with one attached hydrogen (secondary N) is 1. The molecule has 1 aromatic carbocycles. The van der Waals surface area contributed by atoms with Crippen LogP contribution in [-0.4, -0.2) is 35.5 Å². The third-order valence-corrected chi connectivity index (χ3v) is 3.86. The van der Waals surface area contributed by atoms with E-state index in [4.69, 9.17) is 0 Å².